The van der Waals surface area contributed by atoms with Gasteiger partial charge in [-0.15, -0.1) is 0 Å². The van der Waals surface area contributed by atoms with E-state index in [0.29, 0.717) is 24.2 Å². The lowest BCUT2D eigenvalue weighted by molar-refractivity contribution is -0.131. The van der Waals surface area contributed by atoms with E-state index < -0.39 is 15.1 Å². The Morgan fingerprint density at radius 2 is 1.89 bits per heavy atom. The minimum Gasteiger partial charge on any atom is -0.340 e. The molecule has 0 bridgehead atoms. The van der Waals surface area contributed by atoms with Gasteiger partial charge in [0.2, 0.25) is 5.91 Å². The standard InChI is InChI=1S/C19H23N3O4S/c1-14-15(2)20-13-22(19(14)24)12-18(23)21-9-8-17(27(25,26)11-10-21)16-6-4-3-5-7-16/h3-7,13,17H,8-12H2,1-2H3/t17-/m1/s1. The van der Waals surface area contributed by atoms with Gasteiger partial charge in [-0.25, -0.2) is 13.4 Å². The summed E-state index contributed by atoms with van der Waals surface area (Å²) in [4.78, 5) is 30.6. The largest absolute Gasteiger partial charge is 0.340 e. The van der Waals surface area contributed by atoms with Crippen molar-refractivity contribution in [3.05, 3.63) is 63.8 Å². The Kier molecular flexibility index (Phi) is 5.46. The third-order valence-corrected chi connectivity index (χ3v) is 7.21. The van der Waals surface area contributed by atoms with Crippen LogP contribution < -0.4 is 5.56 Å². The normalized spacial score (nSPS) is 19.5. The molecule has 1 amide bonds. The number of aromatic nitrogens is 2. The molecule has 1 aromatic carbocycles. The van der Waals surface area contributed by atoms with E-state index in [1.54, 1.807) is 26.0 Å². The molecule has 1 aliphatic heterocycles. The van der Waals surface area contributed by atoms with Crippen LogP contribution in [0.5, 0.6) is 0 Å². The average Bonchev–Trinajstić information content (AvgIpc) is 2.81. The smallest absolute Gasteiger partial charge is 0.256 e. The van der Waals surface area contributed by atoms with Gasteiger partial charge in [0.15, 0.2) is 9.84 Å². The molecule has 0 saturated carbocycles. The molecule has 3 rings (SSSR count). The highest BCUT2D eigenvalue weighted by Crippen LogP contribution is 2.29. The van der Waals surface area contributed by atoms with Gasteiger partial charge in [0.25, 0.3) is 5.56 Å². The Morgan fingerprint density at radius 1 is 1.19 bits per heavy atom. The monoisotopic (exact) mass is 389 g/mol. The van der Waals surface area contributed by atoms with Gasteiger partial charge in [-0.3, -0.25) is 14.2 Å². The van der Waals surface area contributed by atoms with Crippen LogP contribution in [-0.2, 0) is 21.2 Å². The lowest BCUT2D eigenvalue weighted by atomic mass is 10.1. The first-order valence-corrected chi connectivity index (χ1v) is 10.6. The summed E-state index contributed by atoms with van der Waals surface area (Å²) in [6, 6.07) is 9.09. The minimum atomic E-state index is -3.35. The lowest BCUT2D eigenvalue weighted by Gasteiger charge is -2.20. The van der Waals surface area contributed by atoms with Crippen molar-refractivity contribution < 1.29 is 13.2 Å². The maximum atomic E-state index is 12.7. The number of carbonyl (C=O) groups excluding carboxylic acids is 1. The van der Waals surface area contributed by atoms with Crippen LogP contribution in [0.1, 0.15) is 28.5 Å². The highest BCUT2D eigenvalue weighted by atomic mass is 32.2. The molecule has 8 heteroatoms. The van der Waals surface area contributed by atoms with Crippen molar-refractivity contribution in [1.29, 1.82) is 0 Å². The zero-order chi connectivity index (χ0) is 19.6. The van der Waals surface area contributed by atoms with Crippen molar-refractivity contribution in [3.8, 4) is 0 Å². The van der Waals surface area contributed by atoms with Gasteiger partial charge in [0, 0.05) is 24.3 Å². The fourth-order valence-corrected chi connectivity index (χ4v) is 5.07. The van der Waals surface area contributed by atoms with E-state index in [0.717, 1.165) is 5.56 Å². The first-order chi connectivity index (χ1) is 12.8. The predicted octanol–water partition coefficient (Wildman–Crippen LogP) is 1.25. The quantitative estimate of drug-likeness (QED) is 0.788. The highest BCUT2D eigenvalue weighted by molar-refractivity contribution is 7.91. The van der Waals surface area contributed by atoms with Gasteiger partial charge >= 0.3 is 0 Å². The van der Waals surface area contributed by atoms with E-state index in [1.165, 1.54) is 15.8 Å². The molecule has 7 nitrogen and oxygen atoms in total. The number of hydrogen-bond acceptors (Lipinski definition) is 5. The third-order valence-electron chi connectivity index (χ3n) is 5.09. The minimum absolute atomic E-state index is 0.0849. The van der Waals surface area contributed by atoms with Gasteiger partial charge in [-0.2, -0.15) is 0 Å². The Hall–Kier alpha value is -2.48. The molecular weight excluding hydrogens is 366 g/mol. The SMILES string of the molecule is Cc1ncn(CC(=O)N2CC[C@H](c3ccccc3)S(=O)(=O)CC2)c(=O)c1C. The zero-order valence-corrected chi connectivity index (χ0v) is 16.3. The molecule has 1 atom stereocenters. The molecule has 1 fully saturated rings. The van der Waals surface area contributed by atoms with Crippen molar-refractivity contribution in [2.75, 3.05) is 18.8 Å². The summed E-state index contributed by atoms with van der Waals surface area (Å²) in [7, 11) is -3.35. The summed E-state index contributed by atoms with van der Waals surface area (Å²) in [6.45, 7) is 3.76. The van der Waals surface area contributed by atoms with E-state index in [-0.39, 0.29) is 30.3 Å². The number of aryl methyl sites for hydroxylation is 1. The fourth-order valence-electron chi connectivity index (χ4n) is 3.27. The molecule has 1 aromatic heterocycles. The summed E-state index contributed by atoms with van der Waals surface area (Å²) >= 11 is 0. The molecule has 2 aromatic rings. The van der Waals surface area contributed by atoms with E-state index in [1.807, 2.05) is 18.2 Å². The van der Waals surface area contributed by atoms with Gasteiger partial charge in [0.1, 0.15) is 6.54 Å². The van der Waals surface area contributed by atoms with Gasteiger partial charge in [0.05, 0.1) is 17.3 Å². The van der Waals surface area contributed by atoms with Crippen LogP contribution in [0.4, 0.5) is 0 Å². The zero-order valence-electron chi connectivity index (χ0n) is 15.5. The number of nitrogens with zero attached hydrogens (tertiary/aromatic N) is 3. The van der Waals surface area contributed by atoms with Gasteiger partial charge in [-0.05, 0) is 25.8 Å². The third kappa shape index (κ3) is 4.10. The summed E-state index contributed by atoms with van der Waals surface area (Å²) < 4.78 is 26.6. The summed E-state index contributed by atoms with van der Waals surface area (Å²) in [5, 5.41) is -0.609. The van der Waals surface area contributed by atoms with Crippen molar-refractivity contribution >= 4 is 15.7 Å². The summed E-state index contributed by atoms with van der Waals surface area (Å²) in [6.07, 6.45) is 1.71. The van der Waals surface area contributed by atoms with Crippen molar-refractivity contribution in [2.45, 2.75) is 32.1 Å². The van der Waals surface area contributed by atoms with Crippen LogP contribution >= 0.6 is 0 Å². The molecule has 144 valence electrons. The van der Waals surface area contributed by atoms with Crippen molar-refractivity contribution in [2.24, 2.45) is 0 Å². The molecule has 2 heterocycles. The Labute approximate surface area is 158 Å². The molecule has 1 saturated heterocycles. The first-order valence-electron chi connectivity index (χ1n) is 8.86. The molecule has 0 N–H and O–H groups in total. The van der Waals surface area contributed by atoms with E-state index in [9.17, 15) is 18.0 Å². The van der Waals surface area contributed by atoms with E-state index in [2.05, 4.69) is 4.98 Å². The van der Waals surface area contributed by atoms with Gasteiger partial charge < -0.3 is 4.90 Å². The number of carbonyl (C=O) groups is 1. The molecule has 0 aliphatic carbocycles. The van der Waals surface area contributed by atoms with Crippen molar-refractivity contribution in [1.82, 2.24) is 14.5 Å². The topological polar surface area (TPSA) is 89.3 Å². The van der Waals surface area contributed by atoms with Crippen LogP contribution in [-0.4, -0.2) is 47.6 Å². The Balaban J connectivity index is 1.77. The van der Waals surface area contributed by atoms with Crippen LogP contribution in [0.25, 0.3) is 0 Å². The second kappa shape index (κ2) is 7.64. The number of amides is 1. The van der Waals surface area contributed by atoms with Crippen molar-refractivity contribution in [3.63, 3.8) is 0 Å². The number of hydrogen-bond donors (Lipinski definition) is 0. The van der Waals surface area contributed by atoms with Crippen LogP contribution in [0.3, 0.4) is 0 Å². The predicted molar refractivity (Wildman–Crippen MR) is 102 cm³/mol. The average molecular weight is 389 g/mol. The first kappa shape index (κ1) is 19.3. The van der Waals surface area contributed by atoms with E-state index >= 15 is 0 Å². The molecular formula is C19H23N3O4S. The molecule has 0 spiro atoms. The fraction of sp³-hybridized carbons (Fsp3) is 0.421. The van der Waals surface area contributed by atoms with Crippen LogP contribution in [0.2, 0.25) is 0 Å². The Bertz CT molecular complexity index is 999. The lowest BCUT2D eigenvalue weighted by Crippen LogP contribution is -2.38. The highest BCUT2D eigenvalue weighted by Gasteiger charge is 2.32. The molecule has 0 unspecified atom stereocenters. The number of rotatable bonds is 3. The van der Waals surface area contributed by atoms with E-state index in [4.69, 9.17) is 0 Å². The van der Waals surface area contributed by atoms with Crippen LogP contribution in [0.15, 0.2) is 41.5 Å². The van der Waals surface area contributed by atoms with Crippen LogP contribution in [0, 0.1) is 13.8 Å². The van der Waals surface area contributed by atoms with Gasteiger partial charge in [-0.1, -0.05) is 30.3 Å². The number of sulfone groups is 1. The molecule has 27 heavy (non-hydrogen) atoms. The second-order valence-electron chi connectivity index (χ2n) is 6.82. The summed E-state index contributed by atoms with van der Waals surface area (Å²) in [5.41, 5.74) is 1.64. The Morgan fingerprint density at radius 3 is 2.59 bits per heavy atom. The maximum absolute atomic E-state index is 12.7. The number of benzene rings is 1. The maximum Gasteiger partial charge on any atom is 0.256 e. The second-order valence-corrected chi connectivity index (χ2v) is 9.13. The molecule has 1 aliphatic rings. The molecule has 0 radical (unpaired) electrons. The summed E-state index contributed by atoms with van der Waals surface area (Å²) in [5.74, 6) is -0.357.